The molecule has 3 heterocycles. The van der Waals surface area contributed by atoms with Crippen LogP contribution in [0.5, 0.6) is 5.75 Å². The van der Waals surface area contributed by atoms with Crippen LogP contribution in [0.3, 0.4) is 0 Å². The lowest BCUT2D eigenvalue weighted by atomic mass is 10.0. The summed E-state index contributed by atoms with van der Waals surface area (Å²) in [7, 11) is 0. The Morgan fingerprint density at radius 1 is 1.09 bits per heavy atom. The Bertz CT molecular complexity index is 977. The number of hydrogen-bond acceptors (Lipinski definition) is 5. The Labute approximate surface area is 183 Å². The molecular formula is C22H27F4N5O. The van der Waals surface area contributed by atoms with Crippen molar-refractivity contribution in [2.75, 3.05) is 18.8 Å². The molecule has 0 spiro atoms. The molecule has 3 fully saturated rings. The van der Waals surface area contributed by atoms with Gasteiger partial charge in [-0.1, -0.05) is 0 Å². The third-order valence-corrected chi connectivity index (χ3v) is 7.14. The number of aromatic nitrogens is 3. The second-order valence-electron chi connectivity index (χ2n) is 9.44. The first-order valence-electron chi connectivity index (χ1n) is 11.0. The van der Waals surface area contributed by atoms with E-state index in [0.29, 0.717) is 29.0 Å². The Kier molecular flexibility index (Phi) is 5.30. The van der Waals surface area contributed by atoms with Crippen LogP contribution in [0.1, 0.15) is 44.3 Å². The topological polar surface area (TPSA) is 69.2 Å². The van der Waals surface area contributed by atoms with E-state index in [-0.39, 0.29) is 36.7 Å². The molecule has 0 amide bonds. The number of ether oxygens (including phenoxy) is 1. The van der Waals surface area contributed by atoms with Crippen molar-refractivity contribution >= 4 is 5.82 Å². The van der Waals surface area contributed by atoms with Crippen LogP contribution in [0.25, 0.3) is 11.3 Å². The summed E-state index contributed by atoms with van der Waals surface area (Å²) in [4.78, 5) is 5.95. The number of likely N-dealkylation sites (tertiary alicyclic amines) is 1. The Morgan fingerprint density at radius 3 is 2.34 bits per heavy atom. The predicted molar refractivity (Wildman–Crippen MR) is 111 cm³/mol. The summed E-state index contributed by atoms with van der Waals surface area (Å²) in [6.45, 7) is 1.48. The molecule has 2 aliphatic carbocycles. The minimum Gasteiger partial charge on any atom is -0.431 e. The van der Waals surface area contributed by atoms with Gasteiger partial charge in [0.1, 0.15) is 12.3 Å². The largest absolute Gasteiger partial charge is 0.431 e. The summed E-state index contributed by atoms with van der Waals surface area (Å²) in [6.07, 6.45) is 0.620. The van der Waals surface area contributed by atoms with Gasteiger partial charge in [-0.3, -0.25) is 9.58 Å². The summed E-state index contributed by atoms with van der Waals surface area (Å²) in [6, 6.07) is 3.78. The third-order valence-electron chi connectivity index (χ3n) is 7.14. The highest BCUT2D eigenvalue weighted by molar-refractivity contribution is 5.64. The van der Waals surface area contributed by atoms with Crippen LogP contribution in [0.4, 0.5) is 23.4 Å². The fraction of sp³-hybridized carbons (Fsp3) is 0.636. The Hall–Kier alpha value is -2.36. The molecule has 2 aromatic rings. The molecule has 0 aromatic carbocycles. The van der Waals surface area contributed by atoms with Crippen LogP contribution in [0.2, 0.25) is 0 Å². The molecule has 2 N–H and O–H groups in total. The van der Waals surface area contributed by atoms with Gasteiger partial charge in [-0.2, -0.15) is 13.9 Å². The van der Waals surface area contributed by atoms with E-state index in [1.54, 1.807) is 0 Å². The van der Waals surface area contributed by atoms with Crippen molar-refractivity contribution in [1.29, 1.82) is 0 Å². The molecule has 2 saturated carbocycles. The normalized spacial score (nSPS) is 32.1. The van der Waals surface area contributed by atoms with E-state index >= 15 is 0 Å². The highest BCUT2D eigenvalue weighted by Crippen LogP contribution is 2.64. The molecule has 0 bridgehead atoms. The molecule has 2 aromatic heterocycles. The minimum absolute atomic E-state index is 0.103. The SMILES string of the molecule is CC(C)n1nc(-c2cnc(N)c(OC(F)F)c2)cc1C1C2CC(N3C[C@@H](F)[C@@H](F)C3)CC21. The number of halogens is 4. The van der Waals surface area contributed by atoms with Crippen LogP contribution >= 0.6 is 0 Å². The minimum atomic E-state index is -2.99. The van der Waals surface area contributed by atoms with Gasteiger partial charge < -0.3 is 10.5 Å². The van der Waals surface area contributed by atoms with Crippen molar-refractivity contribution in [2.45, 2.75) is 63.6 Å². The summed E-state index contributed by atoms with van der Waals surface area (Å²) in [5.74, 6) is 1.01. The molecule has 6 nitrogen and oxygen atoms in total. The number of alkyl halides is 4. The highest BCUT2D eigenvalue weighted by atomic mass is 19.3. The molecule has 3 aliphatic rings. The monoisotopic (exact) mass is 453 g/mol. The lowest BCUT2D eigenvalue weighted by Gasteiger charge is -2.25. The van der Waals surface area contributed by atoms with Crippen LogP contribution < -0.4 is 10.5 Å². The fourth-order valence-corrected chi connectivity index (χ4v) is 5.60. The number of rotatable bonds is 6. The maximum absolute atomic E-state index is 13.6. The van der Waals surface area contributed by atoms with E-state index in [9.17, 15) is 17.6 Å². The van der Waals surface area contributed by atoms with Gasteiger partial charge in [0.25, 0.3) is 0 Å². The van der Waals surface area contributed by atoms with E-state index in [1.807, 2.05) is 29.5 Å². The second-order valence-corrected chi connectivity index (χ2v) is 9.44. The average molecular weight is 453 g/mol. The zero-order valence-electron chi connectivity index (χ0n) is 18.0. The summed E-state index contributed by atoms with van der Waals surface area (Å²) >= 11 is 0. The first-order chi connectivity index (χ1) is 15.2. The van der Waals surface area contributed by atoms with Gasteiger partial charge in [-0.25, -0.2) is 13.8 Å². The molecule has 2 unspecified atom stereocenters. The van der Waals surface area contributed by atoms with E-state index in [2.05, 4.69) is 9.72 Å². The molecule has 10 heteroatoms. The number of nitrogen functional groups attached to an aromatic ring is 1. The zero-order valence-corrected chi connectivity index (χ0v) is 18.0. The molecule has 0 radical (unpaired) electrons. The van der Waals surface area contributed by atoms with E-state index in [4.69, 9.17) is 10.8 Å². The molecular weight excluding hydrogens is 426 g/mol. The first-order valence-corrected chi connectivity index (χ1v) is 11.0. The van der Waals surface area contributed by atoms with Crippen LogP contribution in [0.15, 0.2) is 18.3 Å². The van der Waals surface area contributed by atoms with Gasteiger partial charge in [-0.15, -0.1) is 0 Å². The summed E-state index contributed by atoms with van der Waals surface area (Å²) in [5.41, 5.74) is 7.94. The standard InChI is InChI=1S/C22H27F4N5O/c1-10(2)31-18(6-17(29-31)11-3-19(32-22(25)26)21(27)28-7-11)20-13-4-12(5-14(13)20)30-8-15(23)16(24)9-30/h3,6-7,10,12-16,20,22H,4-5,8-9H2,1-2H3,(H2,27,28)/t12?,13?,14?,15-,16+,20?. The summed E-state index contributed by atoms with van der Waals surface area (Å²) in [5, 5.41) is 4.72. The molecule has 1 saturated heterocycles. The van der Waals surface area contributed by atoms with Gasteiger partial charge in [-0.05, 0) is 50.7 Å². The summed E-state index contributed by atoms with van der Waals surface area (Å²) < 4.78 is 59.0. The Balaban J connectivity index is 1.35. The molecule has 1 aliphatic heterocycles. The zero-order chi connectivity index (χ0) is 22.7. The van der Waals surface area contributed by atoms with Crippen LogP contribution in [0, 0.1) is 11.8 Å². The van der Waals surface area contributed by atoms with E-state index < -0.39 is 19.0 Å². The number of hydrogen-bond donors (Lipinski definition) is 1. The van der Waals surface area contributed by atoms with Crippen molar-refractivity contribution in [3.63, 3.8) is 0 Å². The maximum Gasteiger partial charge on any atom is 0.387 e. The molecule has 32 heavy (non-hydrogen) atoms. The third kappa shape index (κ3) is 3.72. The van der Waals surface area contributed by atoms with Crippen LogP contribution in [-0.2, 0) is 0 Å². The molecule has 174 valence electrons. The Morgan fingerprint density at radius 2 is 1.75 bits per heavy atom. The highest BCUT2D eigenvalue weighted by Gasteiger charge is 2.59. The van der Waals surface area contributed by atoms with E-state index in [0.717, 1.165) is 18.5 Å². The van der Waals surface area contributed by atoms with Gasteiger partial charge in [0.05, 0.1) is 5.69 Å². The van der Waals surface area contributed by atoms with Crippen molar-refractivity contribution in [3.05, 3.63) is 24.0 Å². The van der Waals surface area contributed by atoms with Crippen molar-refractivity contribution < 1.29 is 22.3 Å². The van der Waals surface area contributed by atoms with Crippen LogP contribution in [-0.4, -0.2) is 57.8 Å². The van der Waals surface area contributed by atoms with Gasteiger partial charge in [0.2, 0.25) is 0 Å². The predicted octanol–water partition coefficient (Wildman–Crippen LogP) is 4.19. The lowest BCUT2D eigenvalue weighted by Crippen LogP contribution is -2.33. The van der Waals surface area contributed by atoms with Gasteiger partial charge in [0.15, 0.2) is 11.6 Å². The van der Waals surface area contributed by atoms with Gasteiger partial charge in [0, 0.05) is 48.5 Å². The number of fused-ring (bicyclic) bond motifs is 1. The smallest absolute Gasteiger partial charge is 0.387 e. The molecule has 5 rings (SSSR count). The number of nitrogens with zero attached hydrogens (tertiary/aromatic N) is 4. The number of nitrogens with two attached hydrogens (primary N) is 1. The average Bonchev–Trinajstić information content (AvgIpc) is 3.13. The second kappa shape index (κ2) is 7.90. The molecule has 4 atom stereocenters. The lowest BCUT2D eigenvalue weighted by molar-refractivity contribution is -0.0494. The first kappa shape index (κ1) is 21.5. The van der Waals surface area contributed by atoms with Gasteiger partial charge >= 0.3 is 6.61 Å². The fourth-order valence-electron chi connectivity index (χ4n) is 5.60. The number of anilines is 1. The van der Waals surface area contributed by atoms with Crippen molar-refractivity contribution in [1.82, 2.24) is 19.7 Å². The quantitative estimate of drug-likeness (QED) is 0.665. The van der Waals surface area contributed by atoms with Crippen molar-refractivity contribution in [3.8, 4) is 17.0 Å². The number of pyridine rings is 1. The maximum atomic E-state index is 13.6. The van der Waals surface area contributed by atoms with Crippen molar-refractivity contribution in [2.24, 2.45) is 11.8 Å². The van der Waals surface area contributed by atoms with E-state index in [1.165, 1.54) is 12.3 Å².